The first-order valence-electron chi connectivity index (χ1n) is 7.44. The molecule has 7 nitrogen and oxygen atoms in total. The Morgan fingerprint density at radius 1 is 1.21 bits per heavy atom. The topological polar surface area (TPSA) is 81.4 Å². The molecule has 0 saturated carbocycles. The number of fused-ring (bicyclic) bond motifs is 1. The molecule has 0 saturated heterocycles. The Balaban J connectivity index is 1.71. The van der Waals surface area contributed by atoms with Gasteiger partial charge in [0.15, 0.2) is 0 Å². The molecule has 0 radical (unpaired) electrons. The van der Waals surface area contributed by atoms with Crippen LogP contribution in [0, 0.1) is 0 Å². The summed E-state index contributed by atoms with van der Waals surface area (Å²) in [5.41, 5.74) is 5.58. The molecule has 0 aliphatic rings. The second-order valence-electron chi connectivity index (χ2n) is 5.17. The first-order chi connectivity index (χ1) is 11.7. The zero-order valence-corrected chi connectivity index (χ0v) is 13.4. The van der Waals surface area contributed by atoms with Gasteiger partial charge in [-0.3, -0.25) is 4.79 Å². The molecule has 3 aromatic rings. The summed E-state index contributed by atoms with van der Waals surface area (Å²) in [6.07, 6.45) is 0. The van der Waals surface area contributed by atoms with Gasteiger partial charge in [0.05, 0.1) is 18.3 Å². The summed E-state index contributed by atoms with van der Waals surface area (Å²) in [4.78, 5) is 12.1. The van der Waals surface area contributed by atoms with Crippen molar-refractivity contribution in [1.29, 1.82) is 0 Å². The molecule has 1 N–H and O–H groups in total. The fraction of sp³-hybridized carbons (Fsp3) is 0.176. The zero-order chi connectivity index (χ0) is 16.9. The molecule has 122 valence electrons. The molecule has 1 amide bonds. The number of amides is 1. The maximum absolute atomic E-state index is 12.1. The lowest BCUT2D eigenvalue weighted by atomic mass is 10.1. The van der Waals surface area contributed by atoms with Crippen LogP contribution in [-0.4, -0.2) is 33.7 Å². The Morgan fingerprint density at radius 2 is 1.96 bits per heavy atom. The van der Waals surface area contributed by atoms with E-state index >= 15 is 0 Å². The number of nitrogens with zero attached hydrogens (tertiary/aromatic N) is 4. The number of nitrogens with one attached hydrogen (secondary N) is 1. The van der Waals surface area contributed by atoms with Gasteiger partial charge in [0.2, 0.25) is 0 Å². The summed E-state index contributed by atoms with van der Waals surface area (Å²) in [5, 5.41) is 12.1. The lowest BCUT2D eigenvalue weighted by molar-refractivity contribution is -0.121. The predicted octanol–water partition coefficient (Wildman–Crippen LogP) is 1.98. The van der Waals surface area contributed by atoms with Gasteiger partial charge in [-0.15, -0.1) is 5.10 Å². The Labute approximate surface area is 138 Å². The van der Waals surface area contributed by atoms with Crippen LogP contribution >= 0.6 is 0 Å². The molecule has 24 heavy (non-hydrogen) atoms. The predicted molar refractivity (Wildman–Crippen MR) is 90.9 cm³/mol. The average Bonchev–Trinajstić information content (AvgIpc) is 3.02. The Kier molecular flexibility index (Phi) is 4.51. The molecule has 2 aromatic carbocycles. The third-order valence-corrected chi connectivity index (χ3v) is 3.56. The molecular formula is C17H17N5O2. The zero-order valence-electron chi connectivity index (χ0n) is 13.4. The average molecular weight is 323 g/mol. The summed E-state index contributed by atoms with van der Waals surface area (Å²) >= 11 is 0. The highest BCUT2D eigenvalue weighted by Crippen LogP contribution is 2.17. The van der Waals surface area contributed by atoms with Crippen LogP contribution in [0.3, 0.4) is 0 Å². The van der Waals surface area contributed by atoms with Gasteiger partial charge in [-0.05, 0) is 31.2 Å². The maximum Gasteiger partial charge on any atom is 0.261 e. The lowest BCUT2D eigenvalue weighted by Gasteiger charge is -2.08. The van der Waals surface area contributed by atoms with Gasteiger partial charge in [0, 0.05) is 5.56 Å². The molecule has 0 aliphatic carbocycles. The van der Waals surface area contributed by atoms with E-state index in [0.29, 0.717) is 11.5 Å². The number of hydrogen-bond acceptors (Lipinski definition) is 5. The van der Waals surface area contributed by atoms with Gasteiger partial charge in [-0.25, -0.2) is 10.1 Å². The van der Waals surface area contributed by atoms with Gasteiger partial charge in [-0.1, -0.05) is 29.5 Å². The second-order valence-corrected chi connectivity index (χ2v) is 5.17. The van der Waals surface area contributed by atoms with Crippen LogP contribution in [0.15, 0.2) is 53.6 Å². The molecule has 0 unspecified atom stereocenters. The molecule has 1 heterocycles. The van der Waals surface area contributed by atoms with Crippen molar-refractivity contribution >= 4 is 22.7 Å². The number of para-hydroxylation sites is 2. The van der Waals surface area contributed by atoms with E-state index in [-0.39, 0.29) is 12.5 Å². The number of carbonyl (C=O) groups excluding carboxylic acids is 1. The largest absolute Gasteiger partial charge is 0.496 e. The summed E-state index contributed by atoms with van der Waals surface area (Å²) in [6.45, 7) is 1.85. The first-order valence-corrected chi connectivity index (χ1v) is 7.44. The minimum absolute atomic E-state index is 0.0449. The highest BCUT2D eigenvalue weighted by molar-refractivity contribution is 6.01. The van der Waals surface area contributed by atoms with Crippen LogP contribution in [-0.2, 0) is 11.3 Å². The normalized spacial score (nSPS) is 11.5. The van der Waals surface area contributed by atoms with Gasteiger partial charge >= 0.3 is 0 Å². The highest BCUT2D eigenvalue weighted by Gasteiger charge is 2.09. The van der Waals surface area contributed by atoms with E-state index in [9.17, 15) is 4.79 Å². The molecule has 0 aliphatic heterocycles. The highest BCUT2D eigenvalue weighted by atomic mass is 16.5. The van der Waals surface area contributed by atoms with E-state index in [1.165, 1.54) is 0 Å². The van der Waals surface area contributed by atoms with Crippen molar-refractivity contribution in [1.82, 2.24) is 20.4 Å². The van der Waals surface area contributed by atoms with Gasteiger partial charge in [-0.2, -0.15) is 5.10 Å². The van der Waals surface area contributed by atoms with Crippen LogP contribution in [0.25, 0.3) is 11.0 Å². The quantitative estimate of drug-likeness (QED) is 0.575. The molecular weight excluding hydrogens is 306 g/mol. The number of hydrazone groups is 1. The Bertz CT molecular complexity index is 901. The maximum atomic E-state index is 12.1. The fourth-order valence-electron chi connectivity index (χ4n) is 2.36. The van der Waals surface area contributed by atoms with Crippen molar-refractivity contribution in [2.45, 2.75) is 13.5 Å². The van der Waals surface area contributed by atoms with Crippen LogP contribution in [0.5, 0.6) is 5.75 Å². The van der Waals surface area contributed by atoms with E-state index in [1.54, 1.807) is 11.8 Å². The fourth-order valence-corrected chi connectivity index (χ4v) is 2.36. The molecule has 0 spiro atoms. The summed E-state index contributed by atoms with van der Waals surface area (Å²) in [6, 6.07) is 15.0. The Morgan fingerprint density at radius 3 is 2.79 bits per heavy atom. The van der Waals surface area contributed by atoms with E-state index in [4.69, 9.17) is 4.74 Å². The van der Waals surface area contributed by atoms with Crippen molar-refractivity contribution in [3.63, 3.8) is 0 Å². The molecule has 7 heteroatoms. The molecule has 1 aromatic heterocycles. The van der Waals surface area contributed by atoms with Crippen molar-refractivity contribution in [3.05, 3.63) is 54.1 Å². The van der Waals surface area contributed by atoms with Gasteiger partial charge in [0.1, 0.15) is 17.8 Å². The molecule has 0 bridgehead atoms. The first kappa shape index (κ1) is 15.7. The van der Waals surface area contributed by atoms with Crippen molar-refractivity contribution in [2.24, 2.45) is 5.10 Å². The van der Waals surface area contributed by atoms with Crippen molar-refractivity contribution < 1.29 is 9.53 Å². The molecule has 0 atom stereocenters. The van der Waals surface area contributed by atoms with Gasteiger partial charge < -0.3 is 4.74 Å². The number of rotatable bonds is 5. The number of methoxy groups -OCH3 is 1. The Hall–Kier alpha value is -3.22. The van der Waals surface area contributed by atoms with Crippen molar-refractivity contribution in [3.8, 4) is 5.75 Å². The van der Waals surface area contributed by atoms with E-state index in [1.807, 2.05) is 55.5 Å². The SMILES string of the molecule is COc1ccccc1/C(C)=N\NC(=O)Cn1nnc2ccccc21. The van der Waals surface area contributed by atoms with Crippen LogP contribution in [0.1, 0.15) is 12.5 Å². The number of aromatic nitrogens is 3. The minimum atomic E-state index is -0.278. The van der Waals surface area contributed by atoms with Crippen LogP contribution in [0.2, 0.25) is 0 Å². The summed E-state index contributed by atoms with van der Waals surface area (Å²) < 4.78 is 6.83. The van der Waals surface area contributed by atoms with E-state index < -0.39 is 0 Å². The molecule has 0 fully saturated rings. The summed E-state index contributed by atoms with van der Waals surface area (Å²) in [5.74, 6) is 0.426. The van der Waals surface area contributed by atoms with Gasteiger partial charge in [0.25, 0.3) is 5.91 Å². The number of ether oxygens (including phenoxy) is 1. The van der Waals surface area contributed by atoms with Crippen LogP contribution in [0.4, 0.5) is 0 Å². The van der Waals surface area contributed by atoms with Crippen LogP contribution < -0.4 is 10.2 Å². The smallest absolute Gasteiger partial charge is 0.261 e. The van der Waals surface area contributed by atoms with E-state index in [0.717, 1.165) is 16.6 Å². The minimum Gasteiger partial charge on any atom is -0.496 e. The van der Waals surface area contributed by atoms with Crippen molar-refractivity contribution in [2.75, 3.05) is 7.11 Å². The van der Waals surface area contributed by atoms with E-state index in [2.05, 4.69) is 20.8 Å². The number of carbonyl (C=O) groups is 1. The third-order valence-electron chi connectivity index (χ3n) is 3.56. The number of benzene rings is 2. The third kappa shape index (κ3) is 3.24. The summed E-state index contributed by atoms with van der Waals surface area (Å²) in [7, 11) is 1.60. The standard InChI is InChI=1S/C17H17N5O2/c1-12(13-7-3-6-10-16(13)24-2)18-20-17(23)11-22-15-9-5-4-8-14(15)19-21-22/h3-10H,11H2,1-2H3,(H,20,23)/b18-12-. The second kappa shape index (κ2) is 6.91. The number of hydrogen-bond donors (Lipinski definition) is 1. The monoisotopic (exact) mass is 323 g/mol. The molecule has 3 rings (SSSR count). The lowest BCUT2D eigenvalue weighted by Crippen LogP contribution is -2.24.